The molecule has 0 amide bonds. The Hall–Kier alpha value is -0.500. The maximum Gasteiger partial charge on any atom is 0.0409 e. The van der Waals surface area contributed by atoms with E-state index in [-0.39, 0.29) is 6.04 Å². The van der Waals surface area contributed by atoms with Crippen molar-refractivity contribution in [2.45, 2.75) is 13.0 Å². The van der Waals surface area contributed by atoms with Crippen LogP contribution < -0.4 is 5.32 Å². The molecular formula is C11H13Cl2N. The average molecular weight is 230 g/mol. The first-order valence-electron chi connectivity index (χ1n) is 4.41. The lowest BCUT2D eigenvalue weighted by Gasteiger charge is -2.13. The van der Waals surface area contributed by atoms with Crippen molar-refractivity contribution in [3.8, 4) is 0 Å². The normalized spacial score (nSPS) is 12.5. The second kappa shape index (κ2) is 5.40. The topological polar surface area (TPSA) is 12.0 Å². The van der Waals surface area contributed by atoms with E-state index in [1.54, 1.807) is 0 Å². The summed E-state index contributed by atoms with van der Waals surface area (Å²) in [5.74, 6) is 0. The van der Waals surface area contributed by atoms with Crippen LogP contribution in [0.3, 0.4) is 0 Å². The highest BCUT2D eigenvalue weighted by Crippen LogP contribution is 2.17. The first-order valence-corrected chi connectivity index (χ1v) is 5.17. The summed E-state index contributed by atoms with van der Waals surface area (Å²) in [4.78, 5) is 0. The molecule has 3 heteroatoms. The van der Waals surface area contributed by atoms with Crippen molar-refractivity contribution >= 4 is 23.2 Å². The molecule has 0 saturated carbocycles. The molecule has 0 bridgehead atoms. The summed E-state index contributed by atoms with van der Waals surface area (Å²) in [6.45, 7) is 6.28. The van der Waals surface area contributed by atoms with Crippen molar-refractivity contribution in [3.05, 3.63) is 46.5 Å². The van der Waals surface area contributed by atoms with E-state index in [1.165, 1.54) is 0 Å². The van der Waals surface area contributed by atoms with E-state index in [1.807, 2.05) is 24.3 Å². The summed E-state index contributed by atoms with van der Waals surface area (Å²) in [5, 5.41) is 4.60. The van der Waals surface area contributed by atoms with E-state index in [0.717, 1.165) is 10.6 Å². The average Bonchev–Trinajstić information content (AvgIpc) is 2.14. The molecule has 0 saturated heterocycles. The third-order valence-electron chi connectivity index (χ3n) is 1.95. The van der Waals surface area contributed by atoms with E-state index in [2.05, 4.69) is 18.8 Å². The smallest absolute Gasteiger partial charge is 0.0409 e. The van der Waals surface area contributed by atoms with Gasteiger partial charge in [-0.15, -0.1) is 0 Å². The maximum atomic E-state index is 5.88. The second-order valence-electron chi connectivity index (χ2n) is 3.17. The molecule has 0 aliphatic heterocycles. The van der Waals surface area contributed by atoms with Crippen molar-refractivity contribution in [1.29, 1.82) is 0 Å². The lowest BCUT2D eigenvalue weighted by molar-refractivity contribution is 0.614. The van der Waals surface area contributed by atoms with Gasteiger partial charge in [0.15, 0.2) is 0 Å². The SMILES string of the molecule is C=C(Cl)CNC(C)c1cccc(Cl)c1. The fourth-order valence-corrected chi connectivity index (χ4v) is 1.43. The lowest BCUT2D eigenvalue weighted by atomic mass is 10.1. The van der Waals surface area contributed by atoms with Gasteiger partial charge in [0, 0.05) is 22.6 Å². The van der Waals surface area contributed by atoms with Gasteiger partial charge in [0.25, 0.3) is 0 Å². The Labute approximate surface area is 94.7 Å². The summed E-state index contributed by atoms with van der Waals surface area (Å²) >= 11 is 11.5. The van der Waals surface area contributed by atoms with Crippen LogP contribution in [0.1, 0.15) is 18.5 Å². The third kappa shape index (κ3) is 3.70. The molecule has 0 aliphatic rings. The minimum Gasteiger partial charge on any atom is -0.305 e. The zero-order valence-electron chi connectivity index (χ0n) is 8.06. The van der Waals surface area contributed by atoms with Crippen molar-refractivity contribution < 1.29 is 0 Å². The fraction of sp³-hybridized carbons (Fsp3) is 0.273. The van der Waals surface area contributed by atoms with Crippen molar-refractivity contribution in [2.75, 3.05) is 6.54 Å². The van der Waals surface area contributed by atoms with Crippen LogP contribution in [0.4, 0.5) is 0 Å². The minimum absolute atomic E-state index is 0.226. The molecule has 76 valence electrons. The van der Waals surface area contributed by atoms with E-state index in [9.17, 15) is 0 Å². The molecule has 1 nitrogen and oxygen atoms in total. The molecule has 0 radical (unpaired) electrons. The Balaban J connectivity index is 2.60. The quantitative estimate of drug-likeness (QED) is 0.830. The number of nitrogens with one attached hydrogen (secondary N) is 1. The predicted molar refractivity (Wildman–Crippen MR) is 62.9 cm³/mol. The zero-order valence-corrected chi connectivity index (χ0v) is 9.57. The van der Waals surface area contributed by atoms with Gasteiger partial charge in [0.05, 0.1) is 0 Å². The van der Waals surface area contributed by atoms with Gasteiger partial charge in [-0.05, 0) is 24.6 Å². The first-order chi connectivity index (χ1) is 6.59. The van der Waals surface area contributed by atoms with Gasteiger partial charge in [0.1, 0.15) is 0 Å². The number of rotatable bonds is 4. The fourth-order valence-electron chi connectivity index (χ4n) is 1.16. The standard InChI is InChI=1S/C11H13Cl2N/c1-8(12)7-14-9(2)10-4-3-5-11(13)6-10/h3-6,9,14H,1,7H2,2H3. The van der Waals surface area contributed by atoms with E-state index >= 15 is 0 Å². The van der Waals surface area contributed by atoms with Crippen molar-refractivity contribution in [1.82, 2.24) is 5.32 Å². The Morgan fingerprint density at radius 1 is 1.57 bits per heavy atom. The number of hydrogen-bond donors (Lipinski definition) is 1. The number of hydrogen-bond acceptors (Lipinski definition) is 1. The van der Waals surface area contributed by atoms with Gasteiger partial charge >= 0.3 is 0 Å². The van der Waals surface area contributed by atoms with Crippen molar-refractivity contribution in [2.24, 2.45) is 0 Å². The number of benzene rings is 1. The molecule has 14 heavy (non-hydrogen) atoms. The molecule has 1 aromatic rings. The van der Waals surface area contributed by atoms with Gasteiger partial charge in [-0.2, -0.15) is 0 Å². The van der Waals surface area contributed by atoms with Crippen LogP contribution in [0, 0.1) is 0 Å². The summed E-state index contributed by atoms with van der Waals surface area (Å²) in [7, 11) is 0. The van der Waals surface area contributed by atoms with Crippen molar-refractivity contribution in [3.63, 3.8) is 0 Å². The Morgan fingerprint density at radius 2 is 2.29 bits per heavy atom. The molecule has 1 unspecified atom stereocenters. The number of halogens is 2. The van der Waals surface area contributed by atoms with Crippen LogP contribution in [0.15, 0.2) is 35.9 Å². The minimum atomic E-state index is 0.226. The third-order valence-corrected chi connectivity index (χ3v) is 2.32. The molecule has 1 atom stereocenters. The highest BCUT2D eigenvalue weighted by atomic mass is 35.5. The largest absolute Gasteiger partial charge is 0.305 e. The lowest BCUT2D eigenvalue weighted by Crippen LogP contribution is -2.19. The molecule has 0 fully saturated rings. The second-order valence-corrected chi connectivity index (χ2v) is 4.15. The highest BCUT2D eigenvalue weighted by molar-refractivity contribution is 6.30. The summed E-state index contributed by atoms with van der Waals surface area (Å²) < 4.78 is 0. The molecule has 0 spiro atoms. The molecule has 0 heterocycles. The summed E-state index contributed by atoms with van der Waals surface area (Å²) in [6.07, 6.45) is 0. The molecule has 1 aromatic carbocycles. The highest BCUT2D eigenvalue weighted by Gasteiger charge is 2.04. The summed E-state index contributed by atoms with van der Waals surface area (Å²) in [5.41, 5.74) is 1.15. The maximum absolute atomic E-state index is 5.88. The van der Waals surface area contributed by atoms with Crippen LogP contribution in [-0.4, -0.2) is 6.54 Å². The van der Waals surface area contributed by atoms with E-state index < -0.39 is 0 Å². The Bertz CT molecular complexity index is 323. The van der Waals surface area contributed by atoms with Gasteiger partial charge in [-0.25, -0.2) is 0 Å². The monoisotopic (exact) mass is 229 g/mol. The van der Waals surface area contributed by atoms with E-state index in [4.69, 9.17) is 23.2 Å². The van der Waals surface area contributed by atoms with Gasteiger partial charge in [-0.3, -0.25) is 0 Å². The van der Waals surface area contributed by atoms with Crippen LogP contribution in [0.2, 0.25) is 5.02 Å². The van der Waals surface area contributed by atoms with E-state index in [0.29, 0.717) is 11.6 Å². The molecule has 1 N–H and O–H groups in total. The van der Waals surface area contributed by atoms with Gasteiger partial charge < -0.3 is 5.32 Å². The molecule has 0 aromatic heterocycles. The van der Waals surface area contributed by atoms with Gasteiger partial charge in [-0.1, -0.05) is 41.9 Å². The van der Waals surface area contributed by atoms with Crippen LogP contribution >= 0.6 is 23.2 Å². The summed E-state index contributed by atoms with van der Waals surface area (Å²) in [6, 6.07) is 7.99. The Morgan fingerprint density at radius 3 is 2.86 bits per heavy atom. The van der Waals surface area contributed by atoms with Crippen LogP contribution in [0.5, 0.6) is 0 Å². The van der Waals surface area contributed by atoms with Crippen LogP contribution in [-0.2, 0) is 0 Å². The predicted octanol–water partition coefficient (Wildman–Crippen LogP) is 3.74. The molecular weight excluding hydrogens is 217 g/mol. The Kier molecular flexibility index (Phi) is 4.46. The zero-order chi connectivity index (χ0) is 10.6. The molecule has 1 rings (SSSR count). The molecule has 0 aliphatic carbocycles. The van der Waals surface area contributed by atoms with Crippen LogP contribution in [0.25, 0.3) is 0 Å². The first kappa shape index (κ1) is 11.6. The van der Waals surface area contributed by atoms with Gasteiger partial charge in [0.2, 0.25) is 0 Å².